The molecule has 1 aliphatic carbocycles. The number of rotatable bonds is 1. The molecule has 0 aliphatic heterocycles. The van der Waals surface area contributed by atoms with Gasteiger partial charge < -0.3 is 0 Å². The normalized spacial score (nSPS) is 14.8. The van der Waals surface area contributed by atoms with Crippen LogP contribution in [0.4, 0.5) is 0 Å². The molecule has 0 heterocycles. The van der Waals surface area contributed by atoms with E-state index in [4.69, 9.17) is 0 Å². The Bertz CT molecular complexity index is 305. The second-order valence-electron chi connectivity index (χ2n) is 3.15. The molecule has 64 valence electrons. The Kier molecular flexibility index (Phi) is 2.94. The predicted octanol–water partition coefficient (Wildman–Crippen LogP) is 3.71. The van der Waals surface area contributed by atoms with Crippen molar-refractivity contribution in [1.29, 1.82) is 0 Å². The highest BCUT2D eigenvalue weighted by atomic mass is 127. The second-order valence-corrected chi connectivity index (χ2v) is 5.08. The van der Waals surface area contributed by atoms with E-state index < -0.39 is 0 Å². The van der Waals surface area contributed by atoms with E-state index in [0.29, 0.717) is 0 Å². The zero-order valence-corrected chi connectivity index (χ0v) is 11.1. The lowest BCUT2D eigenvalue weighted by molar-refractivity contribution is 0.909. The summed E-state index contributed by atoms with van der Waals surface area (Å²) in [6, 6.07) is 4.57. The van der Waals surface area contributed by atoms with E-state index in [1.54, 1.807) is 16.7 Å². The van der Waals surface area contributed by atoms with E-state index in [1.165, 1.54) is 27.3 Å². The maximum Gasteiger partial charge on any atom is 0.0260 e. The Hall–Kier alpha value is 0.680. The average Bonchev–Trinajstić information content (AvgIpc) is 2.52. The van der Waals surface area contributed by atoms with Crippen LogP contribution in [0.15, 0.2) is 12.1 Å². The number of benzene rings is 1. The quantitative estimate of drug-likeness (QED) is 0.512. The number of fused-ring (bicyclic) bond motifs is 1. The fourth-order valence-electron chi connectivity index (χ4n) is 1.86. The molecule has 2 rings (SSSR count). The molecule has 1 aromatic rings. The minimum Gasteiger partial charge on any atom is -0.0811 e. The maximum atomic E-state index is 2.47. The molecule has 0 unspecified atom stereocenters. The molecule has 0 fully saturated rings. The average molecular weight is 384 g/mol. The standard InChI is InChI=1S/C10H10I2/c11-6-9-8-3-1-2-7(8)4-5-10(9)12/h4-5H,1-3,6H2. The van der Waals surface area contributed by atoms with Gasteiger partial charge >= 0.3 is 0 Å². The van der Waals surface area contributed by atoms with Gasteiger partial charge in [0.05, 0.1) is 0 Å². The minimum absolute atomic E-state index is 1.17. The first kappa shape index (κ1) is 9.24. The topological polar surface area (TPSA) is 0 Å². The highest BCUT2D eigenvalue weighted by Gasteiger charge is 2.15. The summed E-state index contributed by atoms with van der Waals surface area (Å²) in [6.45, 7) is 0. The molecule has 1 aliphatic rings. The van der Waals surface area contributed by atoms with Gasteiger partial charge in [0.25, 0.3) is 0 Å². The van der Waals surface area contributed by atoms with Gasteiger partial charge in [0.15, 0.2) is 0 Å². The maximum absolute atomic E-state index is 2.47. The van der Waals surface area contributed by atoms with Crippen LogP contribution in [0.5, 0.6) is 0 Å². The number of hydrogen-bond acceptors (Lipinski definition) is 0. The summed E-state index contributed by atoms with van der Waals surface area (Å²) in [7, 11) is 0. The molecule has 2 heteroatoms. The van der Waals surface area contributed by atoms with Gasteiger partial charge in [-0.15, -0.1) is 0 Å². The molecule has 0 aromatic heterocycles. The summed E-state index contributed by atoms with van der Waals surface area (Å²) in [5, 5.41) is 0. The van der Waals surface area contributed by atoms with E-state index in [1.807, 2.05) is 0 Å². The van der Waals surface area contributed by atoms with E-state index in [0.717, 1.165) is 0 Å². The first-order chi connectivity index (χ1) is 5.83. The van der Waals surface area contributed by atoms with E-state index in [2.05, 4.69) is 57.3 Å². The van der Waals surface area contributed by atoms with Crippen LogP contribution < -0.4 is 0 Å². The van der Waals surface area contributed by atoms with E-state index in [9.17, 15) is 0 Å². The van der Waals surface area contributed by atoms with Crippen molar-refractivity contribution >= 4 is 45.2 Å². The van der Waals surface area contributed by atoms with Gasteiger partial charge in [-0.1, -0.05) is 28.7 Å². The van der Waals surface area contributed by atoms with Gasteiger partial charge in [-0.3, -0.25) is 0 Å². The number of alkyl halides is 1. The molecule has 0 nitrogen and oxygen atoms in total. The summed E-state index contributed by atoms with van der Waals surface area (Å²) in [5.41, 5.74) is 4.84. The zero-order chi connectivity index (χ0) is 8.55. The molecule has 0 saturated heterocycles. The lowest BCUT2D eigenvalue weighted by atomic mass is 10.1. The number of aryl methyl sites for hydroxylation is 1. The Morgan fingerprint density at radius 3 is 2.83 bits per heavy atom. The van der Waals surface area contributed by atoms with Crippen LogP contribution in [0, 0.1) is 3.57 Å². The first-order valence-corrected chi connectivity index (χ1v) is 6.78. The third-order valence-corrected chi connectivity index (χ3v) is 4.25. The van der Waals surface area contributed by atoms with Crippen LogP contribution in [0.1, 0.15) is 23.1 Å². The van der Waals surface area contributed by atoms with Crippen molar-refractivity contribution in [2.24, 2.45) is 0 Å². The molecule has 1 aromatic carbocycles. The van der Waals surface area contributed by atoms with Gasteiger partial charge in [0.2, 0.25) is 0 Å². The molecular weight excluding hydrogens is 374 g/mol. The Labute approximate surface area is 100 Å². The number of halogens is 2. The minimum atomic E-state index is 1.17. The molecule has 0 amide bonds. The van der Waals surface area contributed by atoms with Crippen LogP contribution in [0.25, 0.3) is 0 Å². The fourth-order valence-corrected chi connectivity index (χ4v) is 4.16. The predicted molar refractivity (Wildman–Crippen MR) is 68.9 cm³/mol. The molecule has 12 heavy (non-hydrogen) atoms. The molecular formula is C10H10I2. The second kappa shape index (κ2) is 3.82. The fraction of sp³-hybridized carbons (Fsp3) is 0.400. The summed E-state index contributed by atoms with van der Waals surface area (Å²) >= 11 is 4.92. The molecule has 0 atom stereocenters. The highest BCUT2D eigenvalue weighted by Crippen LogP contribution is 2.30. The van der Waals surface area contributed by atoms with Crippen molar-refractivity contribution in [3.05, 3.63) is 32.4 Å². The molecule has 0 spiro atoms. The monoisotopic (exact) mass is 384 g/mol. The SMILES string of the molecule is ICc1c(I)ccc2c1CCC2. The smallest absolute Gasteiger partial charge is 0.0260 e. The van der Waals surface area contributed by atoms with Crippen LogP contribution in [-0.4, -0.2) is 0 Å². The molecule has 0 saturated carbocycles. The first-order valence-electron chi connectivity index (χ1n) is 4.18. The lowest BCUT2D eigenvalue weighted by Crippen LogP contribution is -1.93. The summed E-state index contributed by atoms with van der Waals surface area (Å²) < 4.78 is 2.61. The van der Waals surface area contributed by atoms with Crippen molar-refractivity contribution in [2.45, 2.75) is 23.7 Å². The zero-order valence-electron chi connectivity index (χ0n) is 6.74. The van der Waals surface area contributed by atoms with Crippen LogP contribution in [0.3, 0.4) is 0 Å². The lowest BCUT2D eigenvalue weighted by Gasteiger charge is -2.07. The van der Waals surface area contributed by atoms with E-state index >= 15 is 0 Å². The van der Waals surface area contributed by atoms with Crippen LogP contribution in [0.2, 0.25) is 0 Å². The third kappa shape index (κ3) is 1.52. The molecule has 0 radical (unpaired) electrons. The van der Waals surface area contributed by atoms with Gasteiger partial charge in [0.1, 0.15) is 0 Å². The summed E-state index contributed by atoms with van der Waals surface area (Å²) in [4.78, 5) is 0. The van der Waals surface area contributed by atoms with Crippen molar-refractivity contribution in [2.75, 3.05) is 0 Å². The number of hydrogen-bond donors (Lipinski definition) is 0. The molecule has 0 bridgehead atoms. The highest BCUT2D eigenvalue weighted by molar-refractivity contribution is 14.1. The van der Waals surface area contributed by atoms with Gasteiger partial charge in [-0.2, -0.15) is 0 Å². The van der Waals surface area contributed by atoms with Crippen LogP contribution in [-0.2, 0) is 17.3 Å². The van der Waals surface area contributed by atoms with Crippen molar-refractivity contribution in [3.63, 3.8) is 0 Å². The Balaban J connectivity index is 2.57. The van der Waals surface area contributed by atoms with Crippen molar-refractivity contribution < 1.29 is 0 Å². The third-order valence-electron chi connectivity index (χ3n) is 2.48. The summed E-state index contributed by atoms with van der Waals surface area (Å²) in [5.74, 6) is 0. The van der Waals surface area contributed by atoms with Crippen LogP contribution >= 0.6 is 45.2 Å². The van der Waals surface area contributed by atoms with Gasteiger partial charge in [0, 0.05) is 8.00 Å². The van der Waals surface area contributed by atoms with E-state index in [-0.39, 0.29) is 0 Å². The largest absolute Gasteiger partial charge is 0.0811 e. The Morgan fingerprint density at radius 2 is 2.08 bits per heavy atom. The summed E-state index contributed by atoms with van der Waals surface area (Å²) in [6.07, 6.45) is 3.97. The Morgan fingerprint density at radius 1 is 1.25 bits per heavy atom. The van der Waals surface area contributed by atoms with Gasteiger partial charge in [-0.25, -0.2) is 0 Å². The molecule has 0 N–H and O–H groups in total. The van der Waals surface area contributed by atoms with Gasteiger partial charge in [-0.05, 0) is 64.6 Å². The van der Waals surface area contributed by atoms with Crippen molar-refractivity contribution in [3.8, 4) is 0 Å². The van der Waals surface area contributed by atoms with Crippen molar-refractivity contribution in [1.82, 2.24) is 0 Å².